The fourth-order valence-electron chi connectivity index (χ4n) is 3.65. The first-order valence-corrected chi connectivity index (χ1v) is 11.5. The number of hydrogen-bond donors (Lipinski definition) is 1. The summed E-state index contributed by atoms with van der Waals surface area (Å²) in [6, 6.07) is 0.239. The lowest BCUT2D eigenvalue weighted by Gasteiger charge is -2.40. The summed E-state index contributed by atoms with van der Waals surface area (Å²) < 4.78 is 5.70. The van der Waals surface area contributed by atoms with Crippen molar-refractivity contribution in [2.24, 2.45) is 10.9 Å². The van der Waals surface area contributed by atoms with Crippen LogP contribution < -0.4 is 5.32 Å². The highest BCUT2D eigenvalue weighted by Gasteiger charge is 2.35. The molecule has 162 valence electrons. The first kappa shape index (κ1) is 21.9. The van der Waals surface area contributed by atoms with E-state index < -0.39 is 5.60 Å². The summed E-state index contributed by atoms with van der Waals surface area (Å²) in [4.78, 5) is 27.1. The summed E-state index contributed by atoms with van der Waals surface area (Å²) in [6.07, 6.45) is 4.17. The number of thiazole rings is 1. The lowest BCUT2D eigenvalue weighted by atomic mass is 10.0. The van der Waals surface area contributed by atoms with E-state index in [1.807, 2.05) is 45.2 Å². The van der Waals surface area contributed by atoms with Gasteiger partial charge in [0, 0.05) is 37.6 Å². The number of aliphatic imine (C=N–C) groups is 1. The van der Waals surface area contributed by atoms with Gasteiger partial charge in [-0.2, -0.15) is 0 Å². The summed E-state index contributed by atoms with van der Waals surface area (Å²) >= 11 is 1.67. The van der Waals surface area contributed by atoms with Crippen LogP contribution >= 0.6 is 11.3 Å². The number of likely N-dealkylation sites (tertiary alicyclic amines) is 1. The first-order chi connectivity index (χ1) is 13.8. The van der Waals surface area contributed by atoms with E-state index in [4.69, 9.17) is 4.74 Å². The second-order valence-corrected chi connectivity index (χ2v) is 10.00. The van der Waals surface area contributed by atoms with Crippen molar-refractivity contribution < 1.29 is 9.53 Å². The molecule has 1 aromatic rings. The molecule has 1 amide bonds. The predicted octanol–water partition coefficient (Wildman–Crippen LogP) is 3.64. The van der Waals surface area contributed by atoms with Gasteiger partial charge in [-0.15, -0.1) is 11.3 Å². The molecule has 1 aliphatic carbocycles. The zero-order valence-corrected chi connectivity index (χ0v) is 19.2. The first-order valence-electron chi connectivity index (χ1n) is 10.6. The van der Waals surface area contributed by atoms with Crippen LogP contribution in [-0.2, 0) is 11.3 Å². The number of guanidine groups is 1. The highest BCUT2D eigenvalue weighted by molar-refractivity contribution is 7.09. The Morgan fingerprint density at radius 2 is 2.03 bits per heavy atom. The molecule has 0 aromatic carbocycles. The van der Waals surface area contributed by atoms with Gasteiger partial charge in [0.15, 0.2) is 5.96 Å². The molecule has 0 unspecified atom stereocenters. The van der Waals surface area contributed by atoms with Crippen LogP contribution in [0, 0.1) is 12.8 Å². The Balaban J connectivity index is 1.55. The van der Waals surface area contributed by atoms with E-state index in [1.54, 1.807) is 11.3 Å². The maximum absolute atomic E-state index is 12.8. The Hall–Kier alpha value is -1.83. The largest absolute Gasteiger partial charge is 0.444 e. The minimum atomic E-state index is -0.458. The van der Waals surface area contributed by atoms with Crippen LogP contribution in [0.1, 0.15) is 57.0 Å². The molecule has 8 heteroatoms. The number of ether oxygens (including phenoxy) is 1. The van der Waals surface area contributed by atoms with E-state index >= 15 is 0 Å². The molecule has 2 fully saturated rings. The van der Waals surface area contributed by atoms with E-state index in [0.29, 0.717) is 5.92 Å². The Kier molecular flexibility index (Phi) is 7.03. The topological polar surface area (TPSA) is 70.1 Å². The van der Waals surface area contributed by atoms with E-state index in [0.717, 1.165) is 50.7 Å². The molecule has 2 aliphatic rings. The van der Waals surface area contributed by atoms with E-state index in [-0.39, 0.29) is 12.1 Å². The molecule has 1 saturated carbocycles. The molecule has 0 radical (unpaired) electrons. The average Bonchev–Trinajstić information content (AvgIpc) is 3.40. The second kappa shape index (κ2) is 9.32. The van der Waals surface area contributed by atoms with Crippen LogP contribution in [0.5, 0.6) is 0 Å². The molecule has 0 spiro atoms. The van der Waals surface area contributed by atoms with E-state index in [2.05, 4.69) is 20.2 Å². The number of aryl methyl sites for hydroxylation is 1. The van der Waals surface area contributed by atoms with Gasteiger partial charge < -0.3 is 19.9 Å². The minimum Gasteiger partial charge on any atom is -0.444 e. The van der Waals surface area contributed by atoms with Crippen LogP contribution in [0.4, 0.5) is 4.79 Å². The standard InChI is InChI=1S/C21H35N5O2S/c1-15-18(29-14-24-15)12-23-19(22-5)25-10-8-17(9-11-25)26(13-16-6-7-16)20(27)28-21(2,3)4/h14,16-17H,6-13H2,1-5H3,(H,22,23). The zero-order valence-electron chi connectivity index (χ0n) is 18.4. The Bertz CT molecular complexity index is 715. The fourth-order valence-corrected chi connectivity index (χ4v) is 4.37. The molecule has 0 atom stereocenters. The summed E-state index contributed by atoms with van der Waals surface area (Å²) in [5, 5.41) is 3.46. The summed E-state index contributed by atoms with van der Waals surface area (Å²) in [7, 11) is 1.83. The average molecular weight is 422 g/mol. The maximum atomic E-state index is 12.8. The van der Waals surface area contributed by atoms with Gasteiger partial charge in [-0.25, -0.2) is 9.78 Å². The van der Waals surface area contributed by atoms with Gasteiger partial charge in [0.05, 0.1) is 17.7 Å². The molecule has 3 rings (SSSR count). The van der Waals surface area contributed by atoms with Crippen LogP contribution in [0.25, 0.3) is 0 Å². The smallest absolute Gasteiger partial charge is 0.410 e. The Morgan fingerprint density at radius 1 is 1.34 bits per heavy atom. The molecule has 7 nitrogen and oxygen atoms in total. The molecular formula is C21H35N5O2S. The van der Waals surface area contributed by atoms with Crippen LogP contribution in [0.15, 0.2) is 10.5 Å². The second-order valence-electron chi connectivity index (χ2n) is 9.06. The lowest BCUT2D eigenvalue weighted by molar-refractivity contribution is 0.00928. The molecule has 1 aliphatic heterocycles. The summed E-state index contributed by atoms with van der Waals surface area (Å²) in [5.41, 5.74) is 2.50. The van der Waals surface area contributed by atoms with Crippen LogP contribution in [-0.4, -0.2) is 65.2 Å². The van der Waals surface area contributed by atoms with Crippen molar-refractivity contribution in [1.29, 1.82) is 0 Å². The summed E-state index contributed by atoms with van der Waals surface area (Å²) in [6.45, 7) is 11.2. The summed E-state index contributed by atoms with van der Waals surface area (Å²) in [5.74, 6) is 1.57. The van der Waals surface area contributed by atoms with Crippen LogP contribution in [0.3, 0.4) is 0 Å². The minimum absolute atomic E-state index is 0.161. The highest BCUT2D eigenvalue weighted by Crippen LogP contribution is 2.32. The number of amides is 1. The zero-order chi connectivity index (χ0) is 21.0. The number of hydrogen-bond acceptors (Lipinski definition) is 5. The van der Waals surface area contributed by atoms with Crippen molar-refractivity contribution in [2.45, 2.75) is 71.6 Å². The third kappa shape index (κ3) is 6.32. The lowest BCUT2D eigenvalue weighted by Crippen LogP contribution is -2.52. The van der Waals surface area contributed by atoms with Gasteiger partial charge in [-0.3, -0.25) is 4.99 Å². The van der Waals surface area contributed by atoms with Crippen molar-refractivity contribution in [3.8, 4) is 0 Å². The molecule has 1 aromatic heterocycles. The van der Waals surface area contributed by atoms with E-state index in [1.165, 1.54) is 17.7 Å². The van der Waals surface area contributed by atoms with Crippen molar-refractivity contribution in [3.05, 3.63) is 16.1 Å². The van der Waals surface area contributed by atoms with Crippen LogP contribution in [0.2, 0.25) is 0 Å². The third-order valence-electron chi connectivity index (χ3n) is 5.45. The quantitative estimate of drug-likeness (QED) is 0.581. The number of nitrogens with zero attached hydrogens (tertiary/aromatic N) is 4. The number of carbonyl (C=O) groups is 1. The number of piperidine rings is 1. The van der Waals surface area contributed by atoms with Gasteiger partial charge in [-0.1, -0.05) is 0 Å². The third-order valence-corrected chi connectivity index (χ3v) is 6.38. The van der Waals surface area contributed by atoms with Crippen molar-refractivity contribution in [2.75, 3.05) is 26.7 Å². The van der Waals surface area contributed by atoms with Gasteiger partial charge in [0.25, 0.3) is 0 Å². The van der Waals surface area contributed by atoms with Crippen molar-refractivity contribution in [1.82, 2.24) is 20.1 Å². The highest BCUT2D eigenvalue weighted by atomic mass is 32.1. The van der Waals surface area contributed by atoms with Gasteiger partial charge in [0.1, 0.15) is 5.60 Å². The molecule has 1 N–H and O–H groups in total. The monoisotopic (exact) mass is 421 g/mol. The number of carbonyl (C=O) groups excluding carboxylic acids is 1. The number of aromatic nitrogens is 1. The SMILES string of the molecule is CN=C(NCc1scnc1C)N1CCC(N(CC2CC2)C(=O)OC(C)(C)C)CC1. The van der Waals surface area contributed by atoms with E-state index in [9.17, 15) is 4.79 Å². The van der Waals surface area contributed by atoms with Gasteiger partial charge in [0.2, 0.25) is 0 Å². The van der Waals surface area contributed by atoms with Crippen molar-refractivity contribution in [3.63, 3.8) is 0 Å². The van der Waals surface area contributed by atoms with Gasteiger partial charge in [-0.05, 0) is 59.3 Å². The molecule has 2 heterocycles. The van der Waals surface area contributed by atoms with Crippen molar-refractivity contribution >= 4 is 23.4 Å². The molecule has 0 bridgehead atoms. The number of rotatable bonds is 5. The Labute approximate surface area is 178 Å². The Morgan fingerprint density at radius 3 is 2.55 bits per heavy atom. The maximum Gasteiger partial charge on any atom is 0.410 e. The molecular weight excluding hydrogens is 386 g/mol. The molecule has 29 heavy (non-hydrogen) atoms. The predicted molar refractivity (Wildman–Crippen MR) is 117 cm³/mol. The molecule has 1 saturated heterocycles. The number of nitrogens with one attached hydrogen (secondary N) is 1. The van der Waals surface area contributed by atoms with Gasteiger partial charge >= 0.3 is 6.09 Å². The fraction of sp³-hybridized carbons (Fsp3) is 0.762. The normalized spacial score (nSPS) is 18.7.